The first kappa shape index (κ1) is 19.9. The number of rotatable bonds is 3. The summed E-state index contributed by atoms with van der Waals surface area (Å²) in [6.07, 6.45) is 0. The quantitative estimate of drug-likeness (QED) is 0.668. The Labute approximate surface area is 179 Å². The molecule has 1 N–H and O–H groups in total. The van der Waals surface area contributed by atoms with Gasteiger partial charge in [-0.05, 0) is 23.8 Å². The van der Waals surface area contributed by atoms with Crippen LogP contribution in [0.3, 0.4) is 0 Å². The zero-order valence-corrected chi connectivity index (χ0v) is 17.5. The van der Waals surface area contributed by atoms with E-state index in [-0.39, 0.29) is 28.9 Å². The second kappa shape index (κ2) is 7.60. The fraction of sp³-hybridized carbons (Fsp3) is 0.273. The summed E-state index contributed by atoms with van der Waals surface area (Å²) in [6, 6.07) is 14.0. The van der Waals surface area contributed by atoms with Crippen LogP contribution in [0.2, 0.25) is 0 Å². The summed E-state index contributed by atoms with van der Waals surface area (Å²) in [5.74, 6) is -0.587. The van der Waals surface area contributed by atoms with Crippen LogP contribution in [0.4, 0.5) is 0 Å². The van der Waals surface area contributed by atoms with Crippen LogP contribution >= 0.6 is 0 Å². The lowest BCUT2D eigenvalue weighted by Gasteiger charge is -2.26. The molecule has 9 heteroatoms. The SMILES string of the molecule is O=C(c1nn(-c2cccc(CO)c2)c2c1CS(=O)(=O)c1ccccc1-2)N1CCOCC1. The molecule has 0 spiro atoms. The van der Waals surface area contributed by atoms with Crippen molar-refractivity contribution in [3.8, 4) is 16.9 Å². The third kappa shape index (κ3) is 3.34. The van der Waals surface area contributed by atoms with Gasteiger partial charge in [-0.2, -0.15) is 5.10 Å². The van der Waals surface area contributed by atoms with Crippen molar-refractivity contribution < 1.29 is 23.1 Å². The van der Waals surface area contributed by atoms with Crippen LogP contribution < -0.4 is 0 Å². The summed E-state index contributed by atoms with van der Waals surface area (Å²) in [7, 11) is -3.61. The molecular formula is C22H21N3O5S. The molecule has 8 nitrogen and oxygen atoms in total. The number of aromatic nitrogens is 2. The van der Waals surface area contributed by atoms with Gasteiger partial charge in [0.25, 0.3) is 5.91 Å². The van der Waals surface area contributed by atoms with Gasteiger partial charge < -0.3 is 14.7 Å². The summed E-state index contributed by atoms with van der Waals surface area (Å²) in [5.41, 5.74) is 3.01. The van der Waals surface area contributed by atoms with E-state index in [1.807, 2.05) is 6.07 Å². The molecule has 0 saturated carbocycles. The standard InChI is InChI=1S/C22H21N3O5S/c26-13-15-4-3-5-16(12-15)25-21-17-6-1-2-7-19(17)31(28,29)14-18(21)20(23-25)22(27)24-8-10-30-11-9-24/h1-7,12,26H,8-11,13-14H2. The smallest absolute Gasteiger partial charge is 0.274 e. The van der Waals surface area contributed by atoms with Crippen LogP contribution in [-0.2, 0) is 26.9 Å². The van der Waals surface area contributed by atoms with Crippen LogP contribution in [0, 0.1) is 0 Å². The number of nitrogens with zero attached hydrogens (tertiary/aromatic N) is 3. The number of carbonyl (C=O) groups excluding carboxylic acids is 1. The first-order chi connectivity index (χ1) is 15.0. The van der Waals surface area contributed by atoms with Gasteiger partial charge in [0.05, 0.1) is 41.9 Å². The average molecular weight is 439 g/mol. The molecule has 3 heterocycles. The number of ether oxygens (including phenoxy) is 1. The number of carbonyl (C=O) groups is 1. The Morgan fingerprint density at radius 3 is 2.65 bits per heavy atom. The van der Waals surface area contributed by atoms with Crippen LogP contribution in [0.5, 0.6) is 0 Å². The number of hydrogen-bond acceptors (Lipinski definition) is 6. The van der Waals surface area contributed by atoms with Crippen molar-refractivity contribution in [2.75, 3.05) is 26.3 Å². The molecule has 160 valence electrons. The van der Waals surface area contributed by atoms with E-state index in [0.29, 0.717) is 54.4 Å². The van der Waals surface area contributed by atoms with E-state index in [9.17, 15) is 18.3 Å². The Morgan fingerprint density at radius 2 is 1.87 bits per heavy atom. The molecule has 2 aliphatic rings. The first-order valence-electron chi connectivity index (χ1n) is 10.0. The third-order valence-corrected chi connectivity index (χ3v) is 7.33. The van der Waals surface area contributed by atoms with E-state index in [4.69, 9.17) is 4.74 Å². The fourth-order valence-electron chi connectivity index (χ4n) is 4.13. The second-order valence-corrected chi connectivity index (χ2v) is 9.53. The van der Waals surface area contributed by atoms with Crippen molar-refractivity contribution in [3.63, 3.8) is 0 Å². The largest absolute Gasteiger partial charge is 0.392 e. The van der Waals surface area contributed by atoms with Crippen LogP contribution in [0.1, 0.15) is 21.6 Å². The highest BCUT2D eigenvalue weighted by molar-refractivity contribution is 7.90. The maximum atomic E-state index is 13.3. The topological polar surface area (TPSA) is 102 Å². The minimum absolute atomic E-state index is 0.137. The van der Waals surface area contributed by atoms with Gasteiger partial charge in [-0.3, -0.25) is 4.79 Å². The number of amides is 1. The van der Waals surface area contributed by atoms with Crippen molar-refractivity contribution >= 4 is 15.7 Å². The number of aliphatic hydroxyl groups is 1. The van der Waals surface area contributed by atoms with Gasteiger partial charge in [0.1, 0.15) is 0 Å². The Hall–Kier alpha value is -3.01. The van der Waals surface area contributed by atoms with Gasteiger partial charge in [-0.25, -0.2) is 13.1 Å². The molecule has 0 radical (unpaired) electrons. The van der Waals surface area contributed by atoms with Crippen LogP contribution in [0.15, 0.2) is 53.4 Å². The lowest BCUT2D eigenvalue weighted by molar-refractivity contribution is 0.0298. The molecule has 0 aliphatic carbocycles. The molecule has 1 aromatic heterocycles. The summed E-state index contributed by atoms with van der Waals surface area (Å²) >= 11 is 0. The number of aliphatic hydroxyl groups excluding tert-OH is 1. The van der Waals surface area contributed by atoms with Gasteiger partial charge in [0, 0.05) is 24.2 Å². The average Bonchev–Trinajstić information content (AvgIpc) is 3.18. The van der Waals surface area contributed by atoms with E-state index in [0.717, 1.165) is 0 Å². The van der Waals surface area contributed by atoms with E-state index in [1.54, 1.807) is 52.0 Å². The van der Waals surface area contributed by atoms with Gasteiger partial charge in [-0.1, -0.05) is 30.3 Å². The lowest BCUT2D eigenvalue weighted by Crippen LogP contribution is -2.41. The van der Waals surface area contributed by atoms with Crippen molar-refractivity contribution in [2.45, 2.75) is 17.3 Å². The van der Waals surface area contributed by atoms with Crippen LogP contribution in [0.25, 0.3) is 16.9 Å². The number of sulfone groups is 1. The number of benzene rings is 2. The van der Waals surface area contributed by atoms with Gasteiger partial charge in [-0.15, -0.1) is 0 Å². The molecule has 0 unspecified atom stereocenters. The highest BCUT2D eigenvalue weighted by Gasteiger charge is 2.37. The maximum Gasteiger partial charge on any atom is 0.274 e. The monoisotopic (exact) mass is 439 g/mol. The van der Waals surface area contributed by atoms with Gasteiger partial charge >= 0.3 is 0 Å². The fourth-order valence-corrected chi connectivity index (χ4v) is 5.72. The molecule has 3 aromatic rings. The van der Waals surface area contributed by atoms with Crippen molar-refractivity contribution in [1.29, 1.82) is 0 Å². The summed E-state index contributed by atoms with van der Waals surface area (Å²) in [6.45, 7) is 1.61. The number of fused-ring (bicyclic) bond motifs is 3. The molecule has 0 bridgehead atoms. The molecule has 1 fully saturated rings. The molecule has 2 aliphatic heterocycles. The number of morpholine rings is 1. The predicted octanol–water partition coefficient (Wildman–Crippen LogP) is 1.79. The Balaban J connectivity index is 1.75. The summed E-state index contributed by atoms with van der Waals surface area (Å²) in [4.78, 5) is 15.2. The number of hydrogen-bond donors (Lipinski definition) is 1. The first-order valence-corrected chi connectivity index (χ1v) is 11.7. The molecule has 1 amide bonds. The molecule has 1 saturated heterocycles. The molecule has 31 heavy (non-hydrogen) atoms. The summed E-state index contributed by atoms with van der Waals surface area (Å²) < 4.78 is 33.0. The zero-order chi connectivity index (χ0) is 21.6. The second-order valence-electron chi connectivity index (χ2n) is 7.58. The van der Waals surface area contributed by atoms with E-state index in [2.05, 4.69) is 5.10 Å². The molecule has 5 rings (SSSR count). The van der Waals surface area contributed by atoms with E-state index in [1.165, 1.54) is 0 Å². The highest BCUT2D eigenvalue weighted by Crippen LogP contribution is 2.40. The van der Waals surface area contributed by atoms with E-state index < -0.39 is 9.84 Å². The lowest BCUT2D eigenvalue weighted by atomic mass is 10.0. The van der Waals surface area contributed by atoms with Crippen molar-refractivity contribution in [3.05, 3.63) is 65.4 Å². The van der Waals surface area contributed by atoms with Crippen molar-refractivity contribution in [1.82, 2.24) is 14.7 Å². The highest BCUT2D eigenvalue weighted by atomic mass is 32.2. The Bertz CT molecular complexity index is 1280. The Morgan fingerprint density at radius 1 is 1.10 bits per heavy atom. The van der Waals surface area contributed by atoms with Crippen molar-refractivity contribution in [2.24, 2.45) is 0 Å². The zero-order valence-electron chi connectivity index (χ0n) is 16.7. The van der Waals surface area contributed by atoms with E-state index >= 15 is 0 Å². The van der Waals surface area contributed by atoms with Gasteiger partial charge in [0.15, 0.2) is 15.5 Å². The van der Waals surface area contributed by atoms with Gasteiger partial charge in [0.2, 0.25) is 0 Å². The molecule has 2 aromatic carbocycles. The molecular weight excluding hydrogens is 418 g/mol. The minimum Gasteiger partial charge on any atom is -0.392 e. The maximum absolute atomic E-state index is 13.3. The Kier molecular flexibility index (Phi) is 4.88. The normalized spacial score (nSPS) is 17.1. The predicted molar refractivity (Wildman–Crippen MR) is 113 cm³/mol. The minimum atomic E-state index is -3.61. The van der Waals surface area contributed by atoms with Crippen LogP contribution in [-0.4, -0.2) is 60.4 Å². The summed E-state index contributed by atoms with van der Waals surface area (Å²) in [5, 5.41) is 14.2. The molecule has 0 atom stereocenters. The third-order valence-electron chi connectivity index (χ3n) is 5.63.